The highest BCUT2D eigenvalue weighted by molar-refractivity contribution is 5.82. The molecule has 0 bridgehead atoms. The van der Waals surface area contributed by atoms with E-state index in [9.17, 15) is 9.59 Å². The van der Waals surface area contributed by atoms with E-state index in [-0.39, 0.29) is 18.0 Å². The number of hydrogen-bond donors (Lipinski definition) is 1. The van der Waals surface area contributed by atoms with E-state index in [2.05, 4.69) is 34.5 Å². The van der Waals surface area contributed by atoms with Gasteiger partial charge in [-0.25, -0.2) is 5.43 Å². The molecule has 0 radical (unpaired) electrons. The van der Waals surface area contributed by atoms with Crippen molar-refractivity contribution in [2.75, 3.05) is 11.4 Å². The van der Waals surface area contributed by atoms with E-state index < -0.39 is 0 Å². The molecule has 1 aromatic heterocycles. The lowest BCUT2D eigenvalue weighted by molar-refractivity contribution is -0.121. The van der Waals surface area contributed by atoms with Crippen molar-refractivity contribution in [2.45, 2.75) is 20.0 Å². The molecule has 0 spiro atoms. The van der Waals surface area contributed by atoms with E-state index >= 15 is 0 Å². The molecule has 1 N–H and O–H groups in total. The lowest BCUT2D eigenvalue weighted by atomic mass is 10.1. The molecule has 6 nitrogen and oxygen atoms in total. The van der Waals surface area contributed by atoms with Crippen LogP contribution in [0, 0.1) is 0 Å². The van der Waals surface area contributed by atoms with E-state index in [0.717, 1.165) is 24.3 Å². The monoisotopic (exact) mass is 388 g/mol. The Bertz CT molecular complexity index is 1010. The standard InChI is InChI=1S/C23H24N4O2/c1-2-26(17-20-8-4-3-5-9-20)21-13-11-19(12-14-21)16-24-25-22(28)18-27-15-7-6-10-23(27)29/h3-16H,2,17-18H2,1H3,(H,25,28)/b24-16-. The summed E-state index contributed by atoms with van der Waals surface area (Å²) in [5.74, 6) is -0.355. The number of anilines is 1. The number of nitrogens with one attached hydrogen (secondary N) is 1. The molecule has 0 saturated heterocycles. The highest BCUT2D eigenvalue weighted by Crippen LogP contribution is 2.17. The number of aromatic nitrogens is 1. The number of hydrogen-bond acceptors (Lipinski definition) is 4. The third-order valence-corrected chi connectivity index (χ3v) is 4.47. The van der Waals surface area contributed by atoms with Crippen LogP contribution in [0.4, 0.5) is 5.69 Å². The Morgan fingerprint density at radius 1 is 1.03 bits per heavy atom. The van der Waals surface area contributed by atoms with Gasteiger partial charge in [-0.05, 0) is 36.2 Å². The van der Waals surface area contributed by atoms with Crippen LogP contribution in [0.5, 0.6) is 0 Å². The van der Waals surface area contributed by atoms with E-state index in [4.69, 9.17) is 0 Å². The molecule has 1 heterocycles. The first-order valence-electron chi connectivity index (χ1n) is 9.52. The Morgan fingerprint density at radius 3 is 2.45 bits per heavy atom. The Kier molecular flexibility index (Phi) is 6.95. The molecule has 0 saturated carbocycles. The van der Waals surface area contributed by atoms with Crippen LogP contribution in [0.2, 0.25) is 0 Å². The van der Waals surface area contributed by atoms with Crippen molar-refractivity contribution in [1.29, 1.82) is 0 Å². The third kappa shape index (κ3) is 5.90. The zero-order chi connectivity index (χ0) is 20.5. The summed E-state index contributed by atoms with van der Waals surface area (Å²) in [5.41, 5.74) is 5.49. The summed E-state index contributed by atoms with van der Waals surface area (Å²) in [6, 6.07) is 23.1. The average Bonchev–Trinajstić information content (AvgIpc) is 2.75. The summed E-state index contributed by atoms with van der Waals surface area (Å²) in [4.78, 5) is 25.8. The van der Waals surface area contributed by atoms with Gasteiger partial charge in [-0.2, -0.15) is 5.10 Å². The quantitative estimate of drug-likeness (QED) is 0.476. The van der Waals surface area contributed by atoms with Gasteiger partial charge < -0.3 is 9.47 Å². The Hall–Kier alpha value is -3.67. The van der Waals surface area contributed by atoms with Crippen LogP contribution < -0.4 is 15.9 Å². The van der Waals surface area contributed by atoms with E-state index in [1.54, 1.807) is 24.5 Å². The molecule has 0 atom stereocenters. The number of rotatable bonds is 8. The zero-order valence-electron chi connectivity index (χ0n) is 16.4. The molecule has 6 heteroatoms. The third-order valence-electron chi connectivity index (χ3n) is 4.47. The number of pyridine rings is 1. The fraction of sp³-hybridized carbons (Fsp3) is 0.174. The minimum atomic E-state index is -0.355. The maximum absolute atomic E-state index is 11.9. The topological polar surface area (TPSA) is 66.7 Å². The van der Waals surface area contributed by atoms with Gasteiger partial charge in [-0.1, -0.05) is 48.5 Å². The van der Waals surface area contributed by atoms with Crippen molar-refractivity contribution in [1.82, 2.24) is 9.99 Å². The first-order valence-corrected chi connectivity index (χ1v) is 9.52. The lowest BCUT2D eigenvalue weighted by Crippen LogP contribution is -2.28. The molecule has 29 heavy (non-hydrogen) atoms. The van der Waals surface area contributed by atoms with Crippen molar-refractivity contribution in [2.24, 2.45) is 5.10 Å². The van der Waals surface area contributed by atoms with Crippen molar-refractivity contribution < 1.29 is 4.79 Å². The average molecular weight is 388 g/mol. The fourth-order valence-corrected chi connectivity index (χ4v) is 2.92. The van der Waals surface area contributed by atoms with Gasteiger partial charge in [0.15, 0.2) is 0 Å². The first kappa shape index (κ1) is 20.1. The number of amides is 1. The molecule has 1 amide bonds. The van der Waals surface area contributed by atoms with Crippen LogP contribution in [-0.4, -0.2) is 23.2 Å². The molecule has 0 unspecified atom stereocenters. The molecule has 0 fully saturated rings. The van der Waals surface area contributed by atoms with Crippen LogP contribution in [0.3, 0.4) is 0 Å². The van der Waals surface area contributed by atoms with Crippen molar-refractivity contribution in [3.8, 4) is 0 Å². The molecule has 3 rings (SSSR count). The van der Waals surface area contributed by atoms with Crippen LogP contribution in [0.1, 0.15) is 18.1 Å². The first-order chi connectivity index (χ1) is 14.2. The van der Waals surface area contributed by atoms with Gasteiger partial charge in [0, 0.05) is 31.0 Å². The SMILES string of the molecule is CCN(Cc1ccccc1)c1ccc(/C=N\NC(=O)Cn2ccccc2=O)cc1. The van der Waals surface area contributed by atoms with Crippen molar-refractivity contribution in [3.63, 3.8) is 0 Å². The summed E-state index contributed by atoms with van der Waals surface area (Å²) in [5, 5.41) is 3.98. The largest absolute Gasteiger partial charge is 0.367 e. The van der Waals surface area contributed by atoms with E-state index in [1.165, 1.54) is 16.2 Å². The van der Waals surface area contributed by atoms with Gasteiger partial charge in [0.2, 0.25) is 0 Å². The molecule has 2 aromatic carbocycles. The van der Waals surface area contributed by atoms with Crippen LogP contribution >= 0.6 is 0 Å². The number of benzene rings is 2. The second-order valence-corrected chi connectivity index (χ2v) is 6.55. The summed E-state index contributed by atoms with van der Waals surface area (Å²) < 4.78 is 1.33. The fourth-order valence-electron chi connectivity index (χ4n) is 2.92. The Balaban J connectivity index is 1.56. The molecule has 0 aliphatic rings. The van der Waals surface area contributed by atoms with Gasteiger partial charge >= 0.3 is 0 Å². The van der Waals surface area contributed by atoms with Crippen LogP contribution in [-0.2, 0) is 17.9 Å². The zero-order valence-corrected chi connectivity index (χ0v) is 16.4. The Labute approximate surface area is 170 Å². The molecule has 3 aromatic rings. The molecule has 148 valence electrons. The van der Waals surface area contributed by atoms with Gasteiger partial charge in [0.1, 0.15) is 6.54 Å². The number of hydrazone groups is 1. The minimum Gasteiger partial charge on any atom is -0.367 e. The van der Waals surface area contributed by atoms with Gasteiger partial charge in [-0.3, -0.25) is 9.59 Å². The van der Waals surface area contributed by atoms with Crippen LogP contribution in [0.25, 0.3) is 0 Å². The summed E-state index contributed by atoms with van der Waals surface area (Å²) in [7, 11) is 0. The number of carbonyl (C=O) groups excluding carboxylic acids is 1. The highest BCUT2D eigenvalue weighted by Gasteiger charge is 2.05. The van der Waals surface area contributed by atoms with Gasteiger partial charge in [-0.15, -0.1) is 0 Å². The molecule has 0 aliphatic heterocycles. The van der Waals surface area contributed by atoms with Gasteiger partial charge in [0.05, 0.1) is 6.21 Å². The smallest absolute Gasteiger partial charge is 0.260 e. The predicted octanol–water partition coefficient (Wildman–Crippen LogP) is 3.03. The maximum atomic E-state index is 11.9. The Morgan fingerprint density at radius 2 is 1.76 bits per heavy atom. The minimum absolute atomic E-state index is 0.0686. The molecular weight excluding hydrogens is 364 g/mol. The summed E-state index contributed by atoms with van der Waals surface area (Å²) >= 11 is 0. The predicted molar refractivity (Wildman–Crippen MR) is 116 cm³/mol. The molecule has 0 aliphatic carbocycles. The molecular formula is C23H24N4O2. The number of carbonyl (C=O) groups is 1. The normalized spacial score (nSPS) is 10.8. The van der Waals surface area contributed by atoms with Gasteiger partial charge in [0.25, 0.3) is 11.5 Å². The highest BCUT2D eigenvalue weighted by atomic mass is 16.2. The second kappa shape index (κ2) is 10.0. The van der Waals surface area contributed by atoms with Crippen molar-refractivity contribution in [3.05, 3.63) is 100 Å². The van der Waals surface area contributed by atoms with E-state index in [0.29, 0.717) is 0 Å². The summed E-state index contributed by atoms with van der Waals surface area (Å²) in [6.45, 7) is 3.81. The van der Waals surface area contributed by atoms with Crippen LogP contribution in [0.15, 0.2) is 88.9 Å². The second-order valence-electron chi connectivity index (χ2n) is 6.55. The number of nitrogens with zero attached hydrogens (tertiary/aromatic N) is 3. The summed E-state index contributed by atoms with van der Waals surface area (Å²) in [6.07, 6.45) is 3.15. The lowest BCUT2D eigenvalue weighted by Gasteiger charge is -2.23. The maximum Gasteiger partial charge on any atom is 0.260 e. The van der Waals surface area contributed by atoms with E-state index in [1.807, 2.05) is 42.5 Å². The van der Waals surface area contributed by atoms with Crippen molar-refractivity contribution >= 4 is 17.8 Å².